The van der Waals surface area contributed by atoms with Gasteiger partial charge in [-0.2, -0.15) is 0 Å². The van der Waals surface area contributed by atoms with Crippen LogP contribution in [0, 0.1) is 5.41 Å². The lowest BCUT2D eigenvalue weighted by Crippen LogP contribution is -2.37. The quantitative estimate of drug-likeness (QED) is 0.527. The number of anilines is 1. The molecule has 0 bridgehead atoms. The third kappa shape index (κ3) is 3.27. The zero-order valence-corrected chi connectivity index (χ0v) is 17.8. The highest BCUT2D eigenvalue weighted by Gasteiger charge is 2.42. The molecule has 0 amide bonds. The highest BCUT2D eigenvalue weighted by atomic mass is 79.9. The summed E-state index contributed by atoms with van der Waals surface area (Å²) in [6.45, 7) is 4.19. The minimum Gasteiger partial charge on any atom is -0.343 e. The van der Waals surface area contributed by atoms with Crippen molar-refractivity contribution in [2.45, 2.75) is 37.8 Å². The topological polar surface area (TPSA) is 74.8 Å². The van der Waals surface area contributed by atoms with Gasteiger partial charge >= 0.3 is 0 Å². The molecular formula is C20H20BrN3O2S. The number of carbonyl (C=O) groups is 1. The SMILES string of the molecule is CSc1nc2c(c(=O)[nH]1)C(c1ccc(Br)cc1)C1=C(CC(C)(C)CC1=O)N2. The van der Waals surface area contributed by atoms with E-state index in [0.717, 1.165) is 22.2 Å². The Kier molecular flexibility index (Phi) is 4.55. The van der Waals surface area contributed by atoms with Crippen LogP contribution in [0.15, 0.2) is 50.0 Å². The molecule has 7 heteroatoms. The third-order valence-electron chi connectivity index (χ3n) is 5.10. The number of allylic oxidation sites excluding steroid dienone is 2. The fourth-order valence-electron chi connectivity index (χ4n) is 3.98. The average molecular weight is 446 g/mol. The van der Waals surface area contributed by atoms with Crippen molar-refractivity contribution in [3.05, 3.63) is 61.5 Å². The summed E-state index contributed by atoms with van der Waals surface area (Å²) < 4.78 is 0.954. The van der Waals surface area contributed by atoms with Gasteiger partial charge in [-0.05, 0) is 35.8 Å². The second-order valence-corrected chi connectivity index (χ2v) is 9.49. The van der Waals surface area contributed by atoms with E-state index in [1.54, 1.807) is 0 Å². The lowest BCUT2D eigenvalue weighted by atomic mass is 9.69. The number of ketones is 1. The van der Waals surface area contributed by atoms with E-state index in [2.05, 4.69) is 45.1 Å². The molecule has 1 aromatic carbocycles. The van der Waals surface area contributed by atoms with Crippen LogP contribution in [0.25, 0.3) is 0 Å². The first kappa shape index (κ1) is 18.5. The zero-order valence-electron chi connectivity index (χ0n) is 15.4. The maximum Gasteiger partial charge on any atom is 0.257 e. The van der Waals surface area contributed by atoms with Gasteiger partial charge in [0.05, 0.1) is 5.56 Å². The molecule has 1 aromatic heterocycles. The lowest BCUT2D eigenvalue weighted by Gasteiger charge is -2.38. The van der Waals surface area contributed by atoms with Crippen LogP contribution in [0.4, 0.5) is 5.82 Å². The molecule has 2 aromatic rings. The number of H-pyrrole nitrogens is 1. The van der Waals surface area contributed by atoms with Crippen molar-refractivity contribution < 1.29 is 4.79 Å². The van der Waals surface area contributed by atoms with E-state index in [0.29, 0.717) is 28.5 Å². The molecule has 2 aliphatic rings. The molecule has 2 heterocycles. The van der Waals surface area contributed by atoms with Gasteiger partial charge < -0.3 is 10.3 Å². The maximum atomic E-state index is 13.1. The van der Waals surface area contributed by atoms with Gasteiger partial charge in [0.2, 0.25) is 0 Å². The van der Waals surface area contributed by atoms with Gasteiger partial charge in [-0.3, -0.25) is 9.59 Å². The van der Waals surface area contributed by atoms with Crippen LogP contribution >= 0.6 is 27.7 Å². The number of Topliss-reactive ketones (excluding diaryl/α,β-unsaturated/α-hetero) is 1. The van der Waals surface area contributed by atoms with Gasteiger partial charge in [0.25, 0.3) is 5.56 Å². The number of halogens is 1. The minimum absolute atomic E-state index is 0.0978. The molecule has 0 spiro atoms. The van der Waals surface area contributed by atoms with Crippen molar-refractivity contribution in [2.24, 2.45) is 5.41 Å². The summed E-state index contributed by atoms with van der Waals surface area (Å²) in [5.74, 6) is 0.251. The summed E-state index contributed by atoms with van der Waals surface area (Å²) in [6, 6.07) is 7.80. The minimum atomic E-state index is -0.403. The Balaban J connectivity index is 1.97. The summed E-state index contributed by atoms with van der Waals surface area (Å²) in [5.41, 5.74) is 2.71. The Morgan fingerprint density at radius 2 is 1.89 bits per heavy atom. The summed E-state index contributed by atoms with van der Waals surface area (Å²) in [5, 5.41) is 3.88. The van der Waals surface area contributed by atoms with Gasteiger partial charge in [-0.1, -0.05) is 53.7 Å². The molecule has 1 aliphatic carbocycles. The molecule has 1 aliphatic heterocycles. The Labute approximate surface area is 170 Å². The molecule has 27 heavy (non-hydrogen) atoms. The third-order valence-corrected chi connectivity index (χ3v) is 6.21. The monoisotopic (exact) mass is 445 g/mol. The normalized spacial score (nSPS) is 20.7. The number of nitrogens with one attached hydrogen (secondary N) is 2. The van der Waals surface area contributed by atoms with Crippen LogP contribution in [0.5, 0.6) is 0 Å². The van der Waals surface area contributed by atoms with Crippen LogP contribution in [-0.4, -0.2) is 22.0 Å². The van der Waals surface area contributed by atoms with Crippen molar-refractivity contribution >= 4 is 39.3 Å². The average Bonchev–Trinajstić information content (AvgIpc) is 2.59. The van der Waals surface area contributed by atoms with E-state index in [4.69, 9.17) is 0 Å². The van der Waals surface area contributed by atoms with Crippen molar-refractivity contribution in [1.82, 2.24) is 9.97 Å². The molecule has 2 N–H and O–H groups in total. The standard InChI is InChI=1S/C20H20BrN3O2S/c1-20(2)8-12-15(13(25)9-20)14(10-4-6-11(21)7-5-10)16-17(22-12)23-19(27-3)24-18(16)26/h4-7,14H,8-9H2,1-3H3,(H2,22,23,24,26). The van der Waals surface area contributed by atoms with Crippen LogP contribution in [0.2, 0.25) is 0 Å². The van der Waals surface area contributed by atoms with Crippen molar-refractivity contribution in [3.8, 4) is 0 Å². The summed E-state index contributed by atoms with van der Waals surface area (Å²) in [4.78, 5) is 33.4. The number of nitrogens with zero attached hydrogens (tertiary/aromatic N) is 1. The van der Waals surface area contributed by atoms with Gasteiger partial charge in [-0.25, -0.2) is 4.98 Å². The smallest absolute Gasteiger partial charge is 0.257 e. The van der Waals surface area contributed by atoms with Crippen LogP contribution in [-0.2, 0) is 4.79 Å². The number of benzene rings is 1. The van der Waals surface area contributed by atoms with Crippen molar-refractivity contribution in [2.75, 3.05) is 11.6 Å². The Bertz CT molecular complexity index is 1020. The summed E-state index contributed by atoms with van der Waals surface area (Å²) in [6.07, 6.45) is 3.10. The number of aromatic amines is 1. The van der Waals surface area contributed by atoms with Gasteiger partial charge in [0.1, 0.15) is 5.82 Å². The molecule has 0 saturated heterocycles. The van der Waals surface area contributed by atoms with Crippen LogP contribution < -0.4 is 10.9 Å². The number of rotatable bonds is 2. The molecule has 1 atom stereocenters. The molecule has 1 unspecified atom stereocenters. The van der Waals surface area contributed by atoms with E-state index >= 15 is 0 Å². The van der Waals surface area contributed by atoms with Crippen molar-refractivity contribution in [1.29, 1.82) is 0 Å². The first-order chi connectivity index (χ1) is 12.8. The molecular weight excluding hydrogens is 426 g/mol. The number of aromatic nitrogens is 2. The Morgan fingerprint density at radius 3 is 2.56 bits per heavy atom. The van der Waals surface area contributed by atoms with Gasteiger partial charge in [-0.15, -0.1) is 0 Å². The molecule has 5 nitrogen and oxygen atoms in total. The molecule has 0 radical (unpaired) electrons. The largest absolute Gasteiger partial charge is 0.343 e. The summed E-state index contributed by atoms with van der Waals surface area (Å²) in [7, 11) is 0. The van der Waals surface area contributed by atoms with Crippen LogP contribution in [0.1, 0.15) is 43.7 Å². The van der Waals surface area contributed by atoms with E-state index < -0.39 is 5.92 Å². The predicted octanol–water partition coefficient (Wildman–Crippen LogP) is 4.45. The highest BCUT2D eigenvalue weighted by molar-refractivity contribution is 9.10. The van der Waals surface area contributed by atoms with Crippen LogP contribution in [0.3, 0.4) is 0 Å². The fraction of sp³-hybridized carbons (Fsp3) is 0.350. The lowest BCUT2D eigenvalue weighted by molar-refractivity contribution is -0.118. The highest BCUT2D eigenvalue weighted by Crippen LogP contribution is 2.47. The maximum absolute atomic E-state index is 13.1. The number of fused-ring (bicyclic) bond motifs is 1. The second-order valence-electron chi connectivity index (χ2n) is 7.78. The molecule has 0 fully saturated rings. The van der Waals surface area contributed by atoms with E-state index in [-0.39, 0.29) is 16.8 Å². The van der Waals surface area contributed by atoms with Gasteiger partial charge in [0, 0.05) is 28.1 Å². The number of carbonyl (C=O) groups excluding carboxylic acids is 1. The van der Waals surface area contributed by atoms with E-state index in [9.17, 15) is 9.59 Å². The number of thioether (sulfide) groups is 1. The predicted molar refractivity (Wildman–Crippen MR) is 111 cm³/mol. The zero-order chi connectivity index (χ0) is 19.3. The van der Waals surface area contributed by atoms with E-state index in [1.807, 2.05) is 30.5 Å². The van der Waals surface area contributed by atoms with E-state index in [1.165, 1.54) is 11.8 Å². The second kappa shape index (κ2) is 6.63. The first-order valence-electron chi connectivity index (χ1n) is 8.76. The first-order valence-corrected chi connectivity index (χ1v) is 10.8. The molecule has 0 saturated carbocycles. The Morgan fingerprint density at radius 1 is 1.19 bits per heavy atom. The molecule has 4 rings (SSSR count). The van der Waals surface area contributed by atoms with Gasteiger partial charge in [0.15, 0.2) is 10.9 Å². The fourth-order valence-corrected chi connectivity index (χ4v) is 4.62. The number of hydrogen-bond acceptors (Lipinski definition) is 5. The van der Waals surface area contributed by atoms with Crippen molar-refractivity contribution in [3.63, 3.8) is 0 Å². The molecule has 140 valence electrons. The Hall–Kier alpha value is -1.86. The summed E-state index contributed by atoms with van der Waals surface area (Å²) >= 11 is 4.84. The number of hydrogen-bond donors (Lipinski definition) is 2.